The predicted octanol–water partition coefficient (Wildman–Crippen LogP) is 2.73. The minimum Gasteiger partial charge on any atom is -0.497 e. The van der Waals surface area contributed by atoms with E-state index in [2.05, 4.69) is 4.98 Å². The average molecular weight is 282 g/mol. The van der Waals surface area contributed by atoms with Crippen molar-refractivity contribution in [2.45, 2.75) is 6.61 Å². The lowest BCUT2D eigenvalue weighted by atomic mass is 10.2. The van der Waals surface area contributed by atoms with Gasteiger partial charge in [0.25, 0.3) is 0 Å². The van der Waals surface area contributed by atoms with Gasteiger partial charge in [0.05, 0.1) is 18.4 Å². The Hall–Kier alpha value is -2.82. The number of ether oxygens (including phenoxy) is 2. The van der Waals surface area contributed by atoms with Crippen LogP contribution >= 0.6 is 0 Å². The molecule has 0 saturated carbocycles. The van der Waals surface area contributed by atoms with Crippen LogP contribution in [0, 0.1) is 0 Å². The maximum atomic E-state index is 11.1. The number of methoxy groups -OCH3 is 1. The molecule has 0 spiro atoms. The topological polar surface area (TPSA) is 52.8 Å². The first-order valence-corrected chi connectivity index (χ1v) is 6.49. The SMILES string of the molecule is COc1ccc(OCc2cccc3nccn23)c(C=O)c1. The molecule has 5 heteroatoms. The molecule has 0 radical (unpaired) electrons. The highest BCUT2D eigenvalue weighted by Gasteiger charge is 2.07. The van der Waals surface area contributed by atoms with Gasteiger partial charge in [-0.05, 0) is 30.3 Å². The zero-order chi connectivity index (χ0) is 14.7. The van der Waals surface area contributed by atoms with Crippen molar-refractivity contribution in [1.29, 1.82) is 0 Å². The molecular formula is C16H14N2O3. The number of imidazole rings is 1. The number of aldehydes is 1. The summed E-state index contributed by atoms with van der Waals surface area (Å²) >= 11 is 0. The van der Waals surface area contributed by atoms with Gasteiger partial charge in [-0.25, -0.2) is 4.98 Å². The summed E-state index contributed by atoms with van der Waals surface area (Å²) in [5.74, 6) is 1.16. The van der Waals surface area contributed by atoms with Gasteiger partial charge >= 0.3 is 0 Å². The summed E-state index contributed by atoms with van der Waals surface area (Å²) in [5.41, 5.74) is 2.28. The molecule has 0 aliphatic carbocycles. The number of aromatic nitrogens is 2. The van der Waals surface area contributed by atoms with E-state index in [4.69, 9.17) is 9.47 Å². The van der Waals surface area contributed by atoms with Gasteiger partial charge in [0, 0.05) is 12.4 Å². The summed E-state index contributed by atoms with van der Waals surface area (Å²) < 4.78 is 12.8. The van der Waals surface area contributed by atoms with Crippen LogP contribution in [-0.4, -0.2) is 22.8 Å². The van der Waals surface area contributed by atoms with Crippen molar-refractivity contribution >= 4 is 11.9 Å². The predicted molar refractivity (Wildman–Crippen MR) is 77.9 cm³/mol. The molecule has 0 aliphatic heterocycles. The molecule has 21 heavy (non-hydrogen) atoms. The Labute approximate surface area is 121 Å². The molecule has 0 unspecified atom stereocenters. The smallest absolute Gasteiger partial charge is 0.153 e. The van der Waals surface area contributed by atoms with Crippen molar-refractivity contribution in [1.82, 2.24) is 9.38 Å². The molecule has 3 aromatic rings. The highest BCUT2D eigenvalue weighted by molar-refractivity contribution is 5.80. The molecule has 106 valence electrons. The average Bonchev–Trinajstić information content (AvgIpc) is 3.01. The van der Waals surface area contributed by atoms with Crippen LogP contribution in [0.5, 0.6) is 11.5 Å². The number of benzene rings is 1. The van der Waals surface area contributed by atoms with Crippen LogP contribution in [0.4, 0.5) is 0 Å². The van der Waals surface area contributed by atoms with E-state index in [9.17, 15) is 4.79 Å². The number of hydrogen-bond acceptors (Lipinski definition) is 4. The van der Waals surface area contributed by atoms with Crippen molar-refractivity contribution in [3.8, 4) is 11.5 Å². The normalized spacial score (nSPS) is 10.5. The van der Waals surface area contributed by atoms with Crippen molar-refractivity contribution in [3.05, 3.63) is 60.0 Å². The van der Waals surface area contributed by atoms with Gasteiger partial charge < -0.3 is 13.9 Å². The first-order valence-electron chi connectivity index (χ1n) is 6.49. The molecule has 0 N–H and O–H groups in total. The molecule has 5 nitrogen and oxygen atoms in total. The summed E-state index contributed by atoms with van der Waals surface area (Å²) in [6, 6.07) is 11.0. The van der Waals surface area contributed by atoms with E-state index >= 15 is 0 Å². The maximum Gasteiger partial charge on any atom is 0.153 e. The van der Waals surface area contributed by atoms with Gasteiger partial charge in [-0.3, -0.25) is 4.79 Å². The summed E-state index contributed by atoms with van der Waals surface area (Å²) in [6.07, 6.45) is 4.38. The number of fused-ring (bicyclic) bond motifs is 1. The third kappa shape index (κ3) is 2.58. The largest absolute Gasteiger partial charge is 0.497 e. The Morgan fingerprint density at radius 1 is 1.29 bits per heavy atom. The van der Waals surface area contributed by atoms with Crippen LogP contribution in [-0.2, 0) is 6.61 Å². The van der Waals surface area contributed by atoms with E-state index in [0.29, 0.717) is 23.7 Å². The van der Waals surface area contributed by atoms with Gasteiger partial charge in [0.2, 0.25) is 0 Å². The molecule has 2 heterocycles. The van der Waals surface area contributed by atoms with Crippen molar-refractivity contribution < 1.29 is 14.3 Å². The lowest BCUT2D eigenvalue weighted by Crippen LogP contribution is -2.03. The Morgan fingerprint density at radius 3 is 3.00 bits per heavy atom. The quantitative estimate of drug-likeness (QED) is 0.675. The van der Waals surface area contributed by atoms with E-state index < -0.39 is 0 Å². The van der Waals surface area contributed by atoms with E-state index in [-0.39, 0.29) is 0 Å². The third-order valence-electron chi connectivity index (χ3n) is 3.23. The minimum atomic E-state index is 0.348. The summed E-state index contributed by atoms with van der Waals surface area (Å²) in [7, 11) is 1.56. The van der Waals surface area contributed by atoms with Gasteiger partial charge in [-0.2, -0.15) is 0 Å². The van der Waals surface area contributed by atoms with Gasteiger partial charge in [0.15, 0.2) is 6.29 Å². The molecule has 0 fully saturated rings. The Morgan fingerprint density at radius 2 is 2.19 bits per heavy atom. The molecule has 1 aromatic carbocycles. The Balaban J connectivity index is 1.84. The first kappa shape index (κ1) is 13.2. The minimum absolute atomic E-state index is 0.348. The second-order valence-corrected chi connectivity index (χ2v) is 4.48. The fraction of sp³-hybridized carbons (Fsp3) is 0.125. The molecule has 3 rings (SSSR count). The van der Waals surface area contributed by atoms with Crippen molar-refractivity contribution in [3.63, 3.8) is 0 Å². The molecule has 2 aromatic heterocycles. The van der Waals surface area contributed by atoms with Crippen LogP contribution < -0.4 is 9.47 Å². The second kappa shape index (κ2) is 5.66. The zero-order valence-corrected chi connectivity index (χ0v) is 11.5. The van der Waals surface area contributed by atoms with Crippen LogP contribution in [0.25, 0.3) is 5.65 Å². The summed E-state index contributed by atoms with van der Waals surface area (Å²) in [6.45, 7) is 0.348. The standard InChI is InChI=1S/C16H14N2O3/c1-20-14-5-6-15(12(9-14)10-19)21-11-13-3-2-4-16-17-7-8-18(13)16/h2-10H,11H2,1H3. The highest BCUT2D eigenvalue weighted by atomic mass is 16.5. The van der Waals surface area contributed by atoms with Crippen molar-refractivity contribution in [2.75, 3.05) is 7.11 Å². The number of carbonyl (C=O) groups excluding carboxylic acids is 1. The molecule has 0 saturated heterocycles. The molecule has 0 atom stereocenters. The van der Waals surface area contributed by atoms with Gasteiger partial charge in [-0.1, -0.05) is 6.07 Å². The monoisotopic (exact) mass is 282 g/mol. The van der Waals surface area contributed by atoms with E-state index in [1.165, 1.54) is 0 Å². The van der Waals surface area contributed by atoms with E-state index in [0.717, 1.165) is 17.6 Å². The first-order chi connectivity index (χ1) is 10.3. The molecule has 0 amide bonds. The highest BCUT2D eigenvalue weighted by Crippen LogP contribution is 2.23. The third-order valence-corrected chi connectivity index (χ3v) is 3.23. The lowest BCUT2D eigenvalue weighted by molar-refractivity contribution is 0.111. The molecular weight excluding hydrogens is 268 g/mol. The molecule has 0 bridgehead atoms. The summed E-state index contributed by atoms with van der Waals surface area (Å²) in [5, 5.41) is 0. The van der Waals surface area contributed by atoms with Crippen LogP contribution in [0.2, 0.25) is 0 Å². The lowest BCUT2D eigenvalue weighted by Gasteiger charge is -2.11. The number of hydrogen-bond donors (Lipinski definition) is 0. The number of rotatable bonds is 5. The van der Waals surface area contributed by atoms with Crippen LogP contribution in [0.15, 0.2) is 48.8 Å². The van der Waals surface area contributed by atoms with E-state index in [1.54, 1.807) is 31.5 Å². The zero-order valence-electron chi connectivity index (χ0n) is 11.5. The number of carbonyl (C=O) groups is 1. The van der Waals surface area contributed by atoms with Gasteiger partial charge in [0.1, 0.15) is 23.8 Å². The van der Waals surface area contributed by atoms with Crippen molar-refractivity contribution in [2.24, 2.45) is 0 Å². The Kier molecular flexibility index (Phi) is 3.55. The second-order valence-electron chi connectivity index (χ2n) is 4.48. The van der Waals surface area contributed by atoms with Gasteiger partial charge in [-0.15, -0.1) is 0 Å². The molecule has 0 aliphatic rings. The number of pyridine rings is 1. The number of nitrogens with zero attached hydrogens (tertiary/aromatic N) is 2. The Bertz CT molecular complexity index is 780. The van der Waals surface area contributed by atoms with E-state index in [1.807, 2.05) is 28.8 Å². The fourth-order valence-corrected chi connectivity index (χ4v) is 2.15. The maximum absolute atomic E-state index is 11.1. The summed E-state index contributed by atoms with van der Waals surface area (Å²) in [4.78, 5) is 15.4. The van der Waals surface area contributed by atoms with Crippen LogP contribution in [0.3, 0.4) is 0 Å². The fourth-order valence-electron chi connectivity index (χ4n) is 2.15. The van der Waals surface area contributed by atoms with Crippen LogP contribution in [0.1, 0.15) is 16.1 Å².